The number of aromatic carboxylic acids is 1. The van der Waals surface area contributed by atoms with Gasteiger partial charge in [0.2, 0.25) is 0 Å². The molecule has 4 nitrogen and oxygen atoms in total. The SMILES string of the molecule is Cc1nc(C(=O)O)cc([C@H]2C[C@H]3C=C[C@H]2C3)n1. The Morgan fingerprint density at radius 1 is 1.35 bits per heavy atom. The van der Waals surface area contributed by atoms with Crippen molar-refractivity contribution in [2.75, 3.05) is 0 Å². The van der Waals surface area contributed by atoms with Gasteiger partial charge in [-0.05, 0) is 37.7 Å². The molecule has 0 aromatic carbocycles. The van der Waals surface area contributed by atoms with Gasteiger partial charge in [-0.15, -0.1) is 0 Å². The number of carboxylic acid groups (broad SMARTS) is 1. The monoisotopic (exact) mass is 230 g/mol. The summed E-state index contributed by atoms with van der Waals surface area (Å²) in [5.41, 5.74) is 1.01. The normalized spacial score (nSPS) is 29.8. The van der Waals surface area contributed by atoms with Crippen LogP contribution in [0.3, 0.4) is 0 Å². The molecule has 3 atom stereocenters. The minimum Gasteiger partial charge on any atom is -0.477 e. The highest BCUT2D eigenvalue weighted by Gasteiger charge is 2.37. The smallest absolute Gasteiger partial charge is 0.354 e. The standard InChI is InChI=1S/C13H14N2O2/c1-7-14-11(6-12(15-7)13(16)17)10-5-8-2-3-9(10)4-8/h2-3,6,8-10H,4-5H2,1H3,(H,16,17)/t8-,9-,10-/m0/s1. The fraction of sp³-hybridized carbons (Fsp3) is 0.462. The fourth-order valence-corrected chi connectivity index (χ4v) is 3.01. The van der Waals surface area contributed by atoms with Gasteiger partial charge in [-0.1, -0.05) is 12.2 Å². The number of fused-ring (bicyclic) bond motifs is 2. The topological polar surface area (TPSA) is 63.1 Å². The summed E-state index contributed by atoms with van der Waals surface area (Å²) in [6.45, 7) is 1.75. The van der Waals surface area contributed by atoms with Crippen LogP contribution < -0.4 is 0 Å². The van der Waals surface area contributed by atoms with Gasteiger partial charge in [-0.3, -0.25) is 0 Å². The summed E-state index contributed by atoms with van der Waals surface area (Å²) in [5.74, 6) is 1.15. The Morgan fingerprint density at radius 2 is 2.18 bits per heavy atom. The molecule has 1 heterocycles. The molecule has 0 unspecified atom stereocenters. The van der Waals surface area contributed by atoms with Crippen LogP contribution in [0.5, 0.6) is 0 Å². The van der Waals surface area contributed by atoms with Gasteiger partial charge < -0.3 is 5.11 Å². The number of allylic oxidation sites excluding steroid dienone is 2. The highest BCUT2D eigenvalue weighted by atomic mass is 16.4. The van der Waals surface area contributed by atoms with E-state index in [9.17, 15) is 4.79 Å². The van der Waals surface area contributed by atoms with Crippen molar-refractivity contribution in [2.45, 2.75) is 25.7 Å². The second kappa shape index (κ2) is 3.65. The molecule has 88 valence electrons. The minimum atomic E-state index is -0.976. The van der Waals surface area contributed by atoms with Crippen molar-refractivity contribution in [3.63, 3.8) is 0 Å². The summed E-state index contributed by atoms with van der Waals surface area (Å²) < 4.78 is 0. The lowest BCUT2D eigenvalue weighted by molar-refractivity contribution is 0.0689. The summed E-state index contributed by atoms with van der Waals surface area (Å²) >= 11 is 0. The second-order valence-corrected chi connectivity index (χ2v) is 4.92. The average Bonchev–Trinajstić information content (AvgIpc) is 2.89. The Kier molecular flexibility index (Phi) is 2.24. The fourth-order valence-electron chi connectivity index (χ4n) is 3.01. The zero-order chi connectivity index (χ0) is 12.0. The molecule has 3 rings (SSSR count). The molecule has 2 aliphatic carbocycles. The van der Waals surface area contributed by atoms with E-state index in [1.165, 1.54) is 6.42 Å². The number of hydrogen-bond donors (Lipinski definition) is 1. The van der Waals surface area contributed by atoms with Gasteiger partial charge in [0.15, 0.2) is 5.69 Å². The number of hydrogen-bond acceptors (Lipinski definition) is 3. The summed E-state index contributed by atoms with van der Waals surface area (Å²) in [6.07, 6.45) is 6.80. The van der Waals surface area contributed by atoms with E-state index in [-0.39, 0.29) is 5.69 Å². The Morgan fingerprint density at radius 3 is 2.76 bits per heavy atom. The first kappa shape index (κ1) is 10.4. The van der Waals surface area contributed by atoms with Crippen molar-refractivity contribution < 1.29 is 9.90 Å². The third-order valence-electron chi connectivity index (χ3n) is 3.74. The highest BCUT2D eigenvalue weighted by molar-refractivity contribution is 5.85. The zero-order valence-electron chi connectivity index (χ0n) is 9.63. The quantitative estimate of drug-likeness (QED) is 0.791. The molecule has 4 heteroatoms. The largest absolute Gasteiger partial charge is 0.477 e. The van der Waals surface area contributed by atoms with Crippen LogP contribution in [0.4, 0.5) is 0 Å². The second-order valence-electron chi connectivity index (χ2n) is 4.92. The van der Waals surface area contributed by atoms with Crippen LogP contribution >= 0.6 is 0 Å². The molecule has 0 radical (unpaired) electrons. The molecule has 1 N–H and O–H groups in total. The van der Waals surface area contributed by atoms with Gasteiger partial charge in [-0.2, -0.15) is 0 Å². The zero-order valence-corrected chi connectivity index (χ0v) is 9.63. The van der Waals surface area contributed by atoms with E-state index in [2.05, 4.69) is 22.1 Å². The van der Waals surface area contributed by atoms with Gasteiger partial charge in [0, 0.05) is 11.6 Å². The van der Waals surface area contributed by atoms with Crippen molar-refractivity contribution in [1.82, 2.24) is 9.97 Å². The molecular formula is C13H14N2O2. The number of aryl methyl sites for hydroxylation is 1. The first-order valence-corrected chi connectivity index (χ1v) is 5.90. The molecule has 1 aromatic rings. The lowest BCUT2D eigenvalue weighted by Gasteiger charge is -2.17. The van der Waals surface area contributed by atoms with Crippen LogP contribution in [0.25, 0.3) is 0 Å². The van der Waals surface area contributed by atoms with Crippen molar-refractivity contribution >= 4 is 5.97 Å². The maximum Gasteiger partial charge on any atom is 0.354 e. The lowest BCUT2D eigenvalue weighted by atomic mass is 9.90. The van der Waals surface area contributed by atoms with Crippen molar-refractivity contribution in [1.29, 1.82) is 0 Å². The van der Waals surface area contributed by atoms with E-state index in [1.54, 1.807) is 13.0 Å². The summed E-state index contributed by atoms with van der Waals surface area (Å²) in [4.78, 5) is 19.3. The Bertz CT molecular complexity index is 510. The molecule has 2 aliphatic rings. The first-order valence-electron chi connectivity index (χ1n) is 5.90. The van der Waals surface area contributed by atoms with Crippen LogP contribution in [0.1, 0.15) is 40.8 Å². The summed E-state index contributed by atoms with van der Waals surface area (Å²) in [5, 5.41) is 9.00. The molecular weight excluding hydrogens is 216 g/mol. The Hall–Kier alpha value is -1.71. The summed E-state index contributed by atoms with van der Waals surface area (Å²) in [6, 6.07) is 1.63. The summed E-state index contributed by atoms with van der Waals surface area (Å²) in [7, 11) is 0. The molecule has 0 amide bonds. The van der Waals surface area contributed by atoms with Crippen LogP contribution in [-0.2, 0) is 0 Å². The predicted molar refractivity (Wildman–Crippen MR) is 61.8 cm³/mol. The van der Waals surface area contributed by atoms with Crippen molar-refractivity contribution in [3.05, 3.63) is 35.4 Å². The maximum absolute atomic E-state index is 11.0. The molecule has 0 aliphatic heterocycles. The van der Waals surface area contributed by atoms with Crippen LogP contribution in [0, 0.1) is 18.8 Å². The van der Waals surface area contributed by atoms with E-state index in [1.807, 2.05) is 0 Å². The molecule has 17 heavy (non-hydrogen) atoms. The molecule has 1 fully saturated rings. The lowest BCUT2D eigenvalue weighted by Crippen LogP contribution is -2.12. The number of rotatable bonds is 2. The maximum atomic E-state index is 11.0. The van der Waals surface area contributed by atoms with Gasteiger partial charge in [0.05, 0.1) is 0 Å². The van der Waals surface area contributed by atoms with Crippen molar-refractivity contribution in [3.8, 4) is 0 Å². The Balaban J connectivity index is 1.98. The van der Waals surface area contributed by atoms with E-state index < -0.39 is 5.97 Å². The third-order valence-corrected chi connectivity index (χ3v) is 3.74. The van der Waals surface area contributed by atoms with Crippen LogP contribution in [-0.4, -0.2) is 21.0 Å². The molecule has 0 spiro atoms. The van der Waals surface area contributed by atoms with E-state index in [0.29, 0.717) is 23.6 Å². The van der Waals surface area contributed by atoms with Gasteiger partial charge in [0.25, 0.3) is 0 Å². The van der Waals surface area contributed by atoms with Gasteiger partial charge >= 0.3 is 5.97 Å². The molecule has 2 bridgehead atoms. The molecule has 0 saturated heterocycles. The number of nitrogens with zero attached hydrogens (tertiary/aromatic N) is 2. The van der Waals surface area contributed by atoms with Crippen LogP contribution in [0.2, 0.25) is 0 Å². The number of carbonyl (C=O) groups is 1. The van der Waals surface area contributed by atoms with Crippen LogP contribution in [0.15, 0.2) is 18.2 Å². The van der Waals surface area contributed by atoms with E-state index >= 15 is 0 Å². The highest BCUT2D eigenvalue weighted by Crippen LogP contribution is 2.48. The van der Waals surface area contributed by atoms with Crippen molar-refractivity contribution in [2.24, 2.45) is 11.8 Å². The third kappa shape index (κ3) is 1.73. The van der Waals surface area contributed by atoms with E-state index in [4.69, 9.17) is 5.11 Å². The predicted octanol–water partition coefficient (Wildman–Crippen LogP) is 2.16. The van der Waals surface area contributed by atoms with E-state index in [0.717, 1.165) is 12.1 Å². The van der Waals surface area contributed by atoms with Gasteiger partial charge in [0.1, 0.15) is 5.82 Å². The van der Waals surface area contributed by atoms with Gasteiger partial charge in [-0.25, -0.2) is 14.8 Å². The average molecular weight is 230 g/mol. The molecule has 1 saturated carbocycles. The minimum absolute atomic E-state index is 0.110. The Labute approximate surface area is 99.4 Å². The number of carboxylic acids is 1. The number of aromatic nitrogens is 2. The molecule has 1 aromatic heterocycles. The first-order chi connectivity index (χ1) is 8.13.